The number of nitrogens with one attached hydrogen (secondary N) is 3. The third-order valence-corrected chi connectivity index (χ3v) is 4.01. The first-order valence-corrected chi connectivity index (χ1v) is 7.57. The molecule has 126 valence electrons. The number of hydrogen-bond acceptors (Lipinski definition) is 4. The van der Waals surface area contributed by atoms with Crippen LogP contribution in [0, 0.1) is 0 Å². The highest BCUT2D eigenvalue weighted by atomic mass is 127. The molecule has 2 aliphatic heterocycles. The van der Waals surface area contributed by atoms with Crippen molar-refractivity contribution in [2.75, 3.05) is 18.9 Å². The molecule has 2 aliphatic rings. The molecule has 1 amide bonds. The van der Waals surface area contributed by atoms with Crippen LogP contribution in [-0.2, 0) is 9.53 Å². The lowest BCUT2D eigenvalue weighted by atomic mass is 9.96. The van der Waals surface area contributed by atoms with Gasteiger partial charge in [0.25, 0.3) is 0 Å². The lowest BCUT2D eigenvalue weighted by molar-refractivity contribution is -0.115. The van der Waals surface area contributed by atoms with Crippen molar-refractivity contribution >= 4 is 41.5 Å². The first-order chi connectivity index (χ1) is 10.7. The van der Waals surface area contributed by atoms with Crippen molar-refractivity contribution in [1.82, 2.24) is 15.6 Å². The van der Waals surface area contributed by atoms with Gasteiger partial charge >= 0.3 is 0 Å². The molecule has 23 heavy (non-hydrogen) atoms. The minimum absolute atomic E-state index is 0. The minimum atomic E-state index is -0.139. The van der Waals surface area contributed by atoms with E-state index >= 15 is 0 Å². The third kappa shape index (κ3) is 4.77. The average Bonchev–Trinajstić information content (AvgIpc) is 3.15. The van der Waals surface area contributed by atoms with Crippen molar-refractivity contribution in [2.24, 2.45) is 4.99 Å². The normalized spacial score (nSPS) is 25.6. The minimum Gasteiger partial charge on any atom is -0.373 e. The van der Waals surface area contributed by atoms with E-state index in [0.717, 1.165) is 19.3 Å². The second-order valence-electron chi connectivity index (χ2n) is 5.58. The van der Waals surface area contributed by atoms with Crippen molar-refractivity contribution in [3.63, 3.8) is 0 Å². The Hall–Kier alpha value is -1.42. The number of hydrogen-bond donors (Lipinski definition) is 3. The molecule has 2 saturated heterocycles. The van der Waals surface area contributed by atoms with Crippen molar-refractivity contribution < 1.29 is 9.53 Å². The molecule has 2 bridgehead atoms. The number of aromatic nitrogens is 1. The summed E-state index contributed by atoms with van der Waals surface area (Å²) in [6.45, 7) is 0.149. The highest BCUT2D eigenvalue weighted by molar-refractivity contribution is 14.0. The molecule has 7 nitrogen and oxygen atoms in total. The van der Waals surface area contributed by atoms with Crippen molar-refractivity contribution in [3.8, 4) is 0 Å². The van der Waals surface area contributed by atoms with Crippen LogP contribution in [0.3, 0.4) is 0 Å². The zero-order valence-corrected chi connectivity index (χ0v) is 15.3. The number of amides is 1. The third-order valence-electron chi connectivity index (χ3n) is 4.01. The van der Waals surface area contributed by atoms with E-state index in [1.165, 1.54) is 0 Å². The van der Waals surface area contributed by atoms with Gasteiger partial charge in [-0.2, -0.15) is 0 Å². The highest BCUT2D eigenvalue weighted by Crippen LogP contribution is 2.34. The number of fused-ring (bicyclic) bond motifs is 2. The SMILES string of the molecule is CN=C(NCC(=O)Nc1cccnc1)NC1CC2CCC1O2.I. The summed E-state index contributed by atoms with van der Waals surface area (Å²) < 4.78 is 5.80. The van der Waals surface area contributed by atoms with Crippen LogP contribution < -0.4 is 16.0 Å². The quantitative estimate of drug-likeness (QED) is 0.378. The predicted molar refractivity (Wildman–Crippen MR) is 99.1 cm³/mol. The molecule has 3 N–H and O–H groups in total. The molecule has 3 unspecified atom stereocenters. The number of halogens is 1. The van der Waals surface area contributed by atoms with Gasteiger partial charge in [0.05, 0.1) is 36.7 Å². The molecule has 0 radical (unpaired) electrons. The maximum absolute atomic E-state index is 11.9. The Morgan fingerprint density at radius 3 is 2.96 bits per heavy atom. The summed E-state index contributed by atoms with van der Waals surface area (Å²) in [7, 11) is 1.70. The van der Waals surface area contributed by atoms with E-state index < -0.39 is 0 Å². The molecule has 0 saturated carbocycles. The Morgan fingerprint density at radius 1 is 1.48 bits per heavy atom. The highest BCUT2D eigenvalue weighted by Gasteiger charge is 2.41. The summed E-state index contributed by atoms with van der Waals surface area (Å²) in [6, 6.07) is 3.86. The summed E-state index contributed by atoms with van der Waals surface area (Å²) in [5.41, 5.74) is 0.679. The monoisotopic (exact) mass is 431 g/mol. The van der Waals surface area contributed by atoms with E-state index in [0.29, 0.717) is 17.8 Å². The molecular formula is C15H22IN5O2. The van der Waals surface area contributed by atoms with Crippen LogP contribution >= 0.6 is 24.0 Å². The van der Waals surface area contributed by atoms with Crippen LogP contribution in [0.15, 0.2) is 29.5 Å². The Kier molecular flexibility index (Phi) is 6.58. The van der Waals surface area contributed by atoms with Crippen molar-refractivity contribution in [1.29, 1.82) is 0 Å². The lowest BCUT2D eigenvalue weighted by Crippen LogP contribution is -2.49. The van der Waals surface area contributed by atoms with Crippen molar-refractivity contribution in [2.45, 2.75) is 37.5 Å². The molecule has 2 fully saturated rings. The summed E-state index contributed by atoms with van der Waals surface area (Å²) in [5.74, 6) is 0.489. The number of pyridine rings is 1. The van der Waals surface area contributed by atoms with Crippen LogP contribution in [0.5, 0.6) is 0 Å². The van der Waals surface area contributed by atoms with E-state index in [1.54, 1.807) is 31.6 Å². The first kappa shape index (κ1) is 17.9. The van der Waals surface area contributed by atoms with E-state index in [-0.39, 0.29) is 48.6 Å². The Bertz CT molecular complexity index is 554. The summed E-state index contributed by atoms with van der Waals surface area (Å²) >= 11 is 0. The topological polar surface area (TPSA) is 87.6 Å². The van der Waals surface area contributed by atoms with E-state index in [2.05, 4.69) is 25.9 Å². The van der Waals surface area contributed by atoms with Gasteiger partial charge in [0, 0.05) is 13.2 Å². The second kappa shape index (κ2) is 8.44. The standard InChI is InChI=1S/C15H21N5O2.HI/c1-16-15(20-12-7-11-4-5-13(12)22-11)18-9-14(21)19-10-3-2-6-17-8-10;/h2-3,6,8,11-13H,4-5,7,9H2,1H3,(H,19,21)(H2,16,18,20);1H. The average molecular weight is 431 g/mol. The summed E-state index contributed by atoms with van der Waals surface area (Å²) in [6.07, 6.45) is 7.19. The molecule has 1 aromatic heterocycles. The van der Waals surface area contributed by atoms with Crippen LogP contribution in [0.1, 0.15) is 19.3 Å². The van der Waals surface area contributed by atoms with Gasteiger partial charge < -0.3 is 20.7 Å². The maximum Gasteiger partial charge on any atom is 0.243 e. The lowest BCUT2D eigenvalue weighted by Gasteiger charge is -2.22. The number of carbonyl (C=O) groups excluding carboxylic acids is 1. The van der Waals surface area contributed by atoms with Gasteiger partial charge in [-0.25, -0.2) is 0 Å². The first-order valence-electron chi connectivity index (χ1n) is 7.57. The number of guanidine groups is 1. The van der Waals surface area contributed by atoms with Gasteiger partial charge in [0.1, 0.15) is 0 Å². The number of ether oxygens (including phenoxy) is 1. The van der Waals surface area contributed by atoms with Crippen LogP contribution in [0.2, 0.25) is 0 Å². The van der Waals surface area contributed by atoms with E-state index in [4.69, 9.17) is 4.74 Å². The number of anilines is 1. The number of carbonyl (C=O) groups is 1. The number of rotatable bonds is 4. The van der Waals surface area contributed by atoms with Gasteiger partial charge in [-0.15, -0.1) is 24.0 Å². The Morgan fingerprint density at radius 2 is 2.35 bits per heavy atom. The predicted octanol–water partition coefficient (Wildman–Crippen LogP) is 1.12. The fourth-order valence-electron chi connectivity index (χ4n) is 2.97. The summed E-state index contributed by atoms with van der Waals surface area (Å²) in [4.78, 5) is 20.0. The van der Waals surface area contributed by atoms with Gasteiger partial charge in [0.2, 0.25) is 5.91 Å². The van der Waals surface area contributed by atoms with Gasteiger partial charge in [-0.3, -0.25) is 14.8 Å². The smallest absolute Gasteiger partial charge is 0.243 e. The zero-order chi connectivity index (χ0) is 15.4. The van der Waals surface area contributed by atoms with Crippen molar-refractivity contribution in [3.05, 3.63) is 24.5 Å². The molecule has 0 aliphatic carbocycles. The maximum atomic E-state index is 11.9. The second-order valence-corrected chi connectivity index (χ2v) is 5.58. The zero-order valence-electron chi connectivity index (χ0n) is 13.0. The Labute approximate surface area is 152 Å². The van der Waals surface area contributed by atoms with E-state index in [9.17, 15) is 4.79 Å². The van der Waals surface area contributed by atoms with Gasteiger partial charge in [0.15, 0.2) is 5.96 Å². The number of nitrogens with zero attached hydrogens (tertiary/aromatic N) is 2. The molecular weight excluding hydrogens is 409 g/mol. The van der Waals surface area contributed by atoms with Gasteiger partial charge in [-0.05, 0) is 31.4 Å². The number of aliphatic imine (C=N–C) groups is 1. The molecule has 0 aromatic carbocycles. The fraction of sp³-hybridized carbons (Fsp3) is 0.533. The fourth-order valence-corrected chi connectivity index (χ4v) is 2.97. The molecule has 3 rings (SSSR count). The van der Waals surface area contributed by atoms with Crippen LogP contribution in [0.4, 0.5) is 5.69 Å². The van der Waals surface area contributed by atoms with Crippen LogP contribution in [-0.4, -0.2) is 48.7 Å². The van der Waals surface area contributed by atoms with Gasteiger partial charge in [-0.1, -0.05) is 0 Å². The molecule has 3 heterocycles. The Balaban J connectivity index is 0.00000192. The van der Waals surface area contributed by atoms with E-state index in [1.807, 2.05) is 0 Å². The molecule has 8 heteroatoms. The van der Waals surface area contributed by atoms with Crippen LogP contribution in [0.25, 0.3) is 0 Å². The molecule has 0 spiro atoms. The molecule has 3 atom stereocenters. The largest absolute Gasteiger partial charge is 0.373 e. The molecule has 1 aromatic rings. The summed E-state index contributed by atoms with van der Waals surface area (Å²) in [5, 5.41) is 9.14.